The van der Waals surface area contributed by atoms with Crippen LogP contribution < -0.4 is 0 Å². The monoisotopic (exact) mass is 238 g/mol. The molecule has 0 spiro atoms. The fourth-order valence-electron chi connectivity index (χ4n) is 1.18. The molecule has 0 unspecified atom stereocenters. The minimum absolute atomic E-state index is 0.222. The number of hydrogen-bond acceptors (Lipinski definition) is 3. The SMILES string of the molecule is N#Cc1ccc(-n2cc(C(F)(F)F)cn2)nc1. The van der Waals surface area contributed by atoms with Crippen LogP contribution in [0.25, 0.3) is 5.82 Å². The number of halogens is 3. The summed E-state index contributed by atoms with van der Waals surface area (Å²) in [5.41, 5.74) is -0.513. The molecule has 2 aromatic rings. The van der Waals surface area contributed by atoms with Gasteiger partial charge in [0.1, 0.15) is 6.07 Å². The molecule has 2 rings (SSSR count). The number of pyridine rings is 1. The highest BCUT2D eigenvalue weighted by molar-refractivity contribution is 5.32. The van der Waals surface area contributed by atoms with Crippen molar-refractivity contribution in [3.05, 3.63) is 41.9 Å². The molecule has 0 aliphatic heterocycles. The predicted molar refractivity (Wildman–Crippen MR) is 51.1 cm³/mol. The van der Waals surface area contributed by atoms with Crippen molar-refractivity contribution in [3.63, 3.8) is 0 Å². The molecule has 0 amide bonds. The zero-order chi connectivity index (χ0) is 12.5. The van der Waals surface area contributed by atoms with Crippen LogP contribution in [0.2, 0.25) is 0 Å². The average molecular weight is 238 g/mol. The third-order valence-electron chi connectivity index (χ3n) is 2.02. The van der Waals surface area contributed by atoms with Crippen molar-refractivity contribution in [2.75, 3.05) is 0 Å². The molecule has 0 atom stereocenters. The van der Waals surface area contributed by atoms with E-state index in [2.05, 4.69) is 10.1 Å². The highest BCUT2D eigenvalue weighted by Crippen LogP contribution is 2.28. The van der Waals surface area contributed by atoms with Crippen molar-refractivity contribution in [1.82, 2.24) is 14.8 Å². The Morgan fingerprint density at radius 2 is 2.00 bits per heavy atom. The van der Waals surface area contributed by atoms with Gasteiger partial charge in [0, 0.05) is 12.4 Å². The molecule has 0 saturated carbocycles. The van der Waals surface area contributed by atoms with Crippen LogP contribution in [0.15, 0.2) is 30.7 Å². The van der Waals surface area contributed by atoms with Gasteiger partial charge in [-0.25, -0.2) is 9.67 Å². The second kappa shape index (κ2) is 3.90. The van der Waals surface area contributed by atoms with E-state index in [4.69, 9.17) is 5.26 Å². The first-order chi connectivity index (χ1) is 8.00. The predicted octanol–water partition coefficient (Wildman–Crippen LogP) is 2.16. The summed E-state index contributed by atoms with van der Waals surface area (Å²) in [5, 5.41) is 12.1. The molecular weight excluding hydrogens is 233 g/mol. The van der Waals surface area contributed by atoms with Gasteiger partial charge >= 0.3 is 6.18 Å². The van der Waals surface area contributed by atoms with Gasteiger partial charge in [-0.05, 0) is 12.1 Å². The Labute approximate surface area is 93.9 Å². The minimum Gasteiger partial charge on any atom is -0.236 e. The molecule has 0 radical (unpaired) electrons. The summed E-state index contributed by atoms with van der Waals surface area (Å²) in [6, 6.07) is 4.74. The second-order valence-electron chi connectivity index (χ2n) is 3.19. The van der Waals surface area contributed by atoms with Crippen molar-refractivity contribution >= 4 is 0 Å². The lowest BCUT2D eigenvalue weighted by Gasteiger charge is -2.01. The zero-order valence-electron chi connectivity index (χ0n) is 8.31. The summed E-state index contributed by atoms with van der Waals surface area (Å²) in [6.07, 6.45) is -1.59. The molecule has 7 heteroatoms. The average Bonchev–Trinajstić information content (AvgIpc) is 2.78. The molecule has 0 N–H and O–H groups in total. The zero-order valence-corrected chi connectivity index (χ0v) is 8.31. The molecule has 0 bridgehead atoms. The Bertz CT molecular complexity index is 562. The van der Waals surface area contributed by atoms with Crippen molar-refractivity contribution < 1.29 is 13.2 Å². The number of nitrogens with zero attached hydrogens (tertiary/aromatic N) is 4. The lowest BCUT2D eigenvalue weighted by molar-refractivity contribution is -0.137. The summed E-state index contributed by atoms with van der Waals surface area (Å²) >= 11 is 0. The smallest absolute Gasteiger partial charge is 0.236 e. The second-order valence-corrected chi connectivity index (χ2v) is 3.19. The van der Waals surface area contributed by atoms with Crippen LogP contribution in [0.3, 0.4) is 0 Å². The maximum atomic E-state index is 12.3. The molecular formula is C10H5F3N4. The van der Waals surface area contributed by atoms with Crippen LogP contribution in [0.5, 0.6) is 0 Å². The molecule has 2 aromatic heterocycles. The summed E-state index contributed by atoms with van der Waals surface area (Å²) in [6.45, 7) is 0. The number of nitriles is 1. The third kappa shape index (κ3) is 2.25. The standard InChI is InChI=1S/C10H5F3N4/c11-10(12,13)8-5-16-17(6-8)9-2-1-7(3-14)4-15-9/h1-2,4-6H. The van der Waals surface area contributed by atoms with Crippen LogP contribution in [0.1, 0.15) is 11.1 Å². The van der Waals surface area contributed by atoms with E-state index < -0.39 is 11.7 Å². The Morgan fingerprint density at radius 3 is 2.47 bits per heavy atom. The highest BCUT2D eigenvalue weighted by Gasteiger charge is 2.32. The van der Waals surface area contributed by atoms with Crippen LogP contribution in [0.4, 0.5) is 13.2 Å². The summed E-state index contributed by atoms with van der Waals surface area (Å²) in [5.74, 6) is 0.222. The number of hydrogen-bond donors (Lipinski definition) is 0. The van der Waals surface area contributed by atoms with Crippen LogP contribution in [-0.4, -0.2) is 14.8 Å². The molecule has 86 valence electrons. The fourth-order valence-corrected chi connectivity index (χ4v) is 1.18. The Hall–Kier alpha value is -2.36. The Morgan fingerprint density at radius 1 is 1.24 bits per heavy atom. The maximum Gasteiger partial charge on any atom is 0.419 e. The largest absolute Gasteiger partial charge is 0.419 e. The molecule has 0 fully saturated rings. The van der Waals surface area contributed by atoms with Crippen molar-refractivity contribution in [1.29, 1.82) is 5.26 Å². The molecule has 17 heavy (non-hydrogen) atoms. The number of alkyl halides is 3. The Balaban J connectivity index is 2.34. The Kier molecular flexibility index (Phi) is 2.55. The van der Waals surface area contributed by atoms with E-state index in [0.29, 0.717) is 5.56 Å². The van der Waals surface area contributed by atoms with Gasteiger partial charge in [-0.1, -0.05) is 0 Å². The van der Waals surface area contributed by atoms with Gasteiger partial charge in [-0.15, -0.1) is 0 Å². The van der Waals surface area contributed by atoms with Gasteiger partial charge in [0.2, 0.25) is 0 Å². The van der Waals surface area contributed by atoms with Crippen LogP contribution >= 0.6 is 0 Å². The van der Waals surface area contributed by atoms with Gasteiger partial charge in [-0.3, -0.25) is 0 Å². The van der Waals surface area contributed by atoms with E-state index >= 15 is 0 Å². The van der Waals surface area contributed by atoms with Gasteiger partial charge in [0.05, 0.1) is 17.3 Å². The molecule has 0 aliphatic carbocycles. The van der Waals surface area contributed by atoms with E-state index in [1.54, 1.807) is 0 Å². The highest BCUT2D eigenvalue weighted by atomic mass is 19.4. The minimum atomic E-state index is -4.43. The fraction of sp³-hybridized carbons (Fsp3) is 0.100. The first kappa shape index (κ1) is 11.1. The molecule has 2 heterocycles. The number of rotatable bonds is 1. The van der Waals surface area contributed by atoms with E-state index in [-0.39, 0.29) is 5.82 Å². The lowest BCUT2D eigenvalue weighted by atomic mass is 10.3. The molecule has 4 nitrogen and oxygen atoms in total. The van der Waals surface area contributed by atoms with Gasteiger partial charge in [0.25, 0.3) is 0 Å². The quantitative estimate of drug-likeness (QED) is 0.764. The van der Waals surface area contributed by atoms with Gasteiger partial charge < -0.3 is 0 Å². The maximum absolute atomic E-state index is 12.3. The van der Waals surface area contributed by atoms with E-state index in [0.717, 1.165) is 17.1 Å². The molecule has 0 saturated heterocycles. The number of aromatic nitrogens is 3. The lowest BCUT2D eigenvalue weighted by Crippen LogP contribution is -2.03. The van der Waals surface area contributed by atoms with E-state index in [1.165, 1.54) is 18.3 Å². The summed E-state index contributed by atoms with van der Waals surface area (Å²) in [7, 11) is 0. The first-order valence-electron chi connectivity index (χ1n) is 4.49. The first-order valence-corrected chi connectivity index (χ1v) is 4.49. The van der Waals surface area contributed by atoms with Crippen molar-refractivity contribution in [3.8, 4) is 11.9 Å². The molecule has 0 aliphatic rings. The third-order valence-corrected chi connectivity index (χ3v) is 2.02. The van der Waals surface area contributed by atoms with E-state index in [9.17, 15) is 13.2 Å². The summed E-state index contributed by atoms with van der Waals surface area (Å²) < 4.78 is 38.0. The van der Waals surface area contributed by atoms with E-state index in [1.807, 2.05) is 6.07 Å². The van der Waals surface area contributed by atoms with Crippen molar-refractivity contribution in [2.24, 2.45) is 0 Å². The van der Waals surface area contributed by atoms with Crippen LogP contribution in [0, 0.1) is 11.3 Å². The van der Waals surface area contributed by atoms with Crippen LogP contribution in [-0.2, 0) is 6.18 Å². The summed E-state index contributed by atoms with van der Waals surface area (Å²) in [4.78, 5) is 3.83. The molecule has 0 aromatic carbocycles. The normalized spacial score (nSPS) is 11.2. The van der Waals surface area contributed by atoms with Crippen molar-refractivity contribution in [2.45, 2.75) is 6.18 Å². The topological polar surface area (TPSA) is 54.5 Å². The van der Waals surface area contributed by atoms with Gasteiger partial charge in [-0.2, -0.15) is 23.5 Å². The van der Waals surface area contributed by atoms with Gasteiger partial charge in [0.15, 0.2) is 5.82 Å².